The first-order valence-corrected chi connectivity index (χ1v) is 10.2. The van der Waals surface area contributed by atoms with Gasteiger partial charge >= 0.3 is 0 Å². The van der Waals surface area contributed by atoms with Gasteiger partial charge in [-0.05, 0) is 55.5 Å². The normalized spacial score (nSPS) is 15.0. The molecule has 1 aliphatic heterocycles. The second-order valence-electron chi connectivity index (χ2n) is 7.02. The van der Waals surface area contributed by atoms with Gasteiger partial charge in [0, 0.05) is 54.9 Å². The molecule has 28 heavy (non-hydrogen) atoms. The van der Waals surface area contributed by atoms with E-state index in [-0.39, 0.29) is 11.6 Å². The molecule has 2 aromatic carbocycles. The SMILES string of the molecule is CC(=O)c1ccc(N2CCN(Cc3csc(-c4ccc(F)cc4)n3)CC2)cc1. The summed E-state index contributed by atoms with van der Waals surface area (Å²) in [5.74, 6) is -0.131. The summed E-state index contributed by atoms with van der Waals surface area (Å²) in [4.78, 5) is 20.9. The third-order valence-corrected chi connectivity index (χ3v) is 5.98. The lowest BCUT2D eigenvalue weighted by Gasteiger charge is -2.35. The van der Waals surface area contributed by atoms with E-state index in [0.29, 0.717) is 0 Å². The van der Waals surface area contributed by atoms with Gasteiger partial charge in [0.05, 0.1) is 5.69 Å². The fraction of sp³-hybridized carbons (Fsp3) is 0.273. The molecule has 0 aliphatic carbocycles. The lowest BCUT2D eigenvalue weighted by atomic mass is 10.1. The highest BCUT2D eigenvalue weighted by atomic mass is 32.1. The molecule has 1 aliphatic rings. The molecule has 144 valence electrons. The lowest BCUT2D eigenvalue weighted by molar-refractivity contribution is 0.101. The largest absolute Gasteiger partial charge is 0.369 e. The van der Waals surface area contributed by atoms with Crippen LogP contribution in [-0.2, 0) is 6.54 Å². The summed E-state index contributed by atoms with van der Waals surface area (Å²) < 4.78 is 13.1. The molecule has 6 heteroatoms. The van der Waals surface area contributed by atoms with Crippen molar-refractivity contribution in [1.82, 2.24) is 9.88 Å². The summed E-state index contributed by atoms with van der Waals surface area (Å²) in [7, 11) is 0. The molecular formula is C22H22FN3OS. The Balaban J connectivity index is 1.33. The lowest BCUT2D eigenvalue weighted by Crippen LogP contribution is -2.46. The van der Waals surface area contributed by atoms with E-state index in [9.17, 15) is 9.18 Å². The van der Waals surface area contributed by atoms with Gasteiger partial charge in [0.15, 0.2) is 5.78 Å². The zero-order valence-corrected chi connectivity index (χ0v) is 16.6. The summed E-state index contributed by atoms with van der Waals surface area (Å²) in [6, 6.07) is 14.3. The first-order valence-electron chi connectivity index (χ1n) is 9.37. The van der Waals surface area contributed by atoms with Crippen LogP contribution in [0.3, 0.4) is 0 Å². The van der Waals surface area contributed by atoms with Crippen LogP contribution < -0.4 is 4.90 Å². The van der Waals surface area contributed by atoms with E-state index in [2.05, 4.69) is 15.2 Å². The Morgan fingerprint density at radius 1 is 1.04 bits per heavy atom. The number of piperazine rings is 1. The van der Waals surface area contributed by atoms with Gasteiger partial charge in [0.25, 0.3) is 0 Å². The van der Waals surface area contributed by atoms with Crippen molar-refractivity contribution in [3.63, 3.8) is 0 Å². The van der Waals surface area contributed by atoms with E-state index in [4.69, 9.17) is 4.98 Å². The number of aromatic nitrogens is 1. The molecule has 2 heterocycles. The van der Waals surface area contributed by atoms with Gasteiger partial charge in [0.2, 0.25) is 0 Å². The number of rotatable bonds is 5. The smallest absolute Gasteiger partial charge is 0.159 e. The van der Waals surface area contributed by atoms with Crippen molar-refractivity contribution in [2.24, 2.45) is 0 Å². The Hall–Kier alpha value is -2.57. The molecule has 0 amide bonds. The molecule has 0 N–H and O–H groups in total. The number of halogens is 1. The standard InChI is InChI=1S/C22H22FN3OS/c1-16(27)17-4-8-21(9-5-17)26-12-10-25(11-13-26)14-20-15-28-22(24-20)18-2-6-19(23)7-3-18/h2-9,15H,10-14H2,1H3. The molecule has 1 aromatic heterocycles. The second kappa shape index (κ2) is 8.20. The minimum atomic E-state index is -0.227. The molecule has 1 fully saturated rings. The maximum absolute atomic E-state index is 13.1. The van der Waals surface area contributed by atoms with Crippen molar-refractivity contribution in [2.75, 3.05) is 31.1 Å². The monoisotopic (exact) mass is 395 g/mol. The number of hydrogen-bond donors (Lipinski definition) is 0. The summed E-state index contributed by atoms with van der Waals surface area (Å²) in [5.41, 5.74) is 3.93. The number of ketones is 1. The van der Waals surface area contributed by atoms with Gasteiger partial charge in [-0.3, -0.25) is 9.69 Å². The zero-order valence-electron chi connectivity index (χ0n) is 15.8. The van der Waals surface area contributed by atoms with Crippen LogP contribution in [0, 0.1) is 5.82 Å². The second-order valence-corrected chi connectivity index (χ2v) is 7.88. The van der Waals surface area contributed by atoms with Crippen LogP contribution in [0.4, 0.5) is 10.1 Å². The van der Waals surface area contributed by atoms with Crippen LogP contribution in [0.25, 0.3) is 10.6 Å². The number of thiazole rings is 1. The number of carbonyl (C=O) groups is 1. The van der Waals surface area contributed by atoms with Gasteiger partial charge < -0.3 is 4.90 Å². The van der Waals surface area contributed by atoms with Gasteiger partial charge in [-0.1, -0.05) is 0 Å². The van der Waals surface area contributed by atoms with Gasteiger partial charge in [-0.25, -0.2) is 9.37 Å². The summed E-state index contributed by atoms with van der Waals surface area (Å²) >= 11 is 1.60. The van der Waals surface area contributed by atoms with Gasteiger partial charge in [-0.15, -0.1) is 11.3 Å². The summed E-state index contributed by atoms with van der Waals surface area (Å²) in [6.07, 6.45) is 0. The average Bonchev–Trinajstić information content (AvgIpc) is 3.18. The van der Waals surface area contributed by atoms with Crippen LogP contribution in [0.5, 0.6) is 0 Å². The Morgan fingerprint density at radius 2 is 1.71 bits per heavy atom. The number of anilines is 1. The molecule has 3 aromatic rings. The number of carbonyl (C=O) groups excluding carboxylic acids is 1. The van der Waals surface area contributed by atoms with Crippen LogP contribution in [0.1, 0.15) is 23.0 Å². The van der Waals surface area contributed by atoms with Crippen molar-refractivity contribution in [1.29, 1.82) is 0 Å². The topological polar surface area (TPSA) is 36.4 Å². The fourth-order valence-electron chi connectivity index (χ4n) is 3.40. The van der Waals surface area contributed by atoms with E-state index in [1.165, 1.54) is 12.1 Å². The zero-order chi connectivity index (χ0) is 19.5. The molecule has 0 saturated carbocycles. The maximum atomic E-state index is 13.1. The van der Waals surface area contributed by atoms with E-state index < -0.39 is 0 Å². The predicted molar refractivity (Wildman–Crippen MR) is 111 cm³/mol. The molecule has 0 spiro atoms. The first-order chi connectivity index (χ1) is 13.6. The molecule has 0 unspecified atom stereocenters. The Kier molecular flexibility index (Phi) is 5.50. The highest BCUT2D eigenvalue weighted by Gasteiger charge is 2.18. The summed E-state index contributed by atoms with van der Waals surface area (Å²) in [6.45, 7) is 6.26. The maximum Gasteiger partial charge on any atom is 0.159 e. The average molecular weight is 396 g/mol. The highest BCUT2D eigenvalue weighted by molar-refractivity contribution is 7.13. The quantitative estimate of drug-likeness (QED) is 0.597. The highest BCUT2D eigenvalue weighted by Crippen LogP contribution is 2.25. The van der Waals surface area contributed by atoms with Crippen molar-refractivity contribution >= 4 is 22.8 Å². The Labute approximate surface area is 168 Å². The molecule has 0 bridgehead atoms. The van der Waals surface area contributed by atoms with Crippen molar-refractivity contribution in [3.8, 4) is 10.6 Å². The van der Waals surface area contributed by atoms with Crippen LogP contribution >= 0.6 is 11.3 Å². The number of hydrogen-bond acceptors (Lipinski definition) is 5. The molecule has 0 radical (unpaired) electrons. The van der Waals surface area contributed by atoms with Gasteiger partial charge in [-0.2, -0.15) is 0 Å². The van der Waals surface area contributed by atoms with Crippen LogP contribution in [0.2, 0.25) is 0 Å². The molecular weight excluding hydrogens is 373 g/mol. The van der Waals surface area contributed by atoms with Crippen molar-refractivity contribution in [2.45, 2.75) is 13.5 Å². The van der Waals surface area contributed by atoms with E-state index in [1.807, 2.05) is 24.3 Å². The van der Waals surface area contributed by atoms with Crippen LogP contribution in [-0.4, -0.2) is 41.8 Å². The number of nitrogens with zero attached hydrogens (tertiary/aromatic N) is 3. The minimum Gasteiger partial charge on any atom is -0.369 e. The molecule has 0 atom stereocenters. The van der Waals surface area contributed by atoms with Gasteiger partial charge in [0.1, 0.15) is 10.8 Å². The van der Waals surface area contributed by atoms with Crippen molar-refractivity contribution < 1.29 is 9.18 Å². The first kappa shape index (κ1) is 18.8. The molecule has 4 nitrogen and oxygen atoms in total. The molecule has 4 rings (SSSR count). The Bertz CT molecular complexity index is 945. The predicted octanol–water partition coefficient (Wildman–Crippen LogP) is 4.47. The van der Waals surface area contributed by atoms with E-state index in [1.54, 1.807) is 30.4 Å². The minimum absolute atomic E-state index is 0.0969. The summed E-state index contributed by atoms with van der Waals surface area (Å²) in [5, 5.41) is 3.02. The van der Waals surface area contributed by atoms with E-state index in [0.717, 1.165) is 60.2 Å². The van der Waals surface area contributed by atoms with Crippen molar-refractivity contribution in [3.05, 3.63) is 71.0 Å². The van der Waals surface area contributed by atoms with Crippen LogP contribution in [0.15, 0.2) is 53.9 Å². The fourth-order valence-corrected chi connectivity index (χ4v) is 4.22. The molecule has 1 saturated heterocycles. The Morgan fingerprint density at radius 3 is 2.36 bits per heavy atom. The number of benzene rings is 2. The van der Waals surface area contributed by atoms with E-state index >= 15 is 0 Å². The third-order valence-electron chi connectivity index (χ3n) is 5.04. The third kappa shape index (κ3) is 4.29. The number of Topliss-reactive ketones (excluding diaryl/α,β-unsaturated/α-hetero) is 1.